The molecule has 0 saturated heterocycles. The zero-order valence-electron chi connectivity index (χ0n) is 17.1. The molecule has 0 bridgehead atoms. The molecule has 0 spiro atoms. The zero-order chi connectivity index (χ0) is 20.8. The third-order valence-corrected chi connectivity index (χ3v) is 6.04. The lowest BCUT2D eigenvalue weighted by Gasteiger charge is -2.30. The van der Waals surface area contributed by atoms with Gasteiger partial charge in [-0.3, -0.25) is 4.79 Å². The number of aromatic nitrogens is 1. The third-order valence-electron chi connectivity index (χ3n) is 5.22. The van der Waals surface area contributed by atoms with E-state index in [1.54, 1.807) is 42.5 Å². The van der Waals surface area contributed by atoms with E-state index in [2.05, 4.69) is 17.2 Å². The number of carbonyl (C=O) groups excluding carboxylic acids is 2. The summed E-state index contributed by atoms with van der Waals surface area (Å²) in [5, 5.41) is 5.96. The van der Waals surface area contributed by atoms with Crippen molar-refractivity contribution in [1.82, 2.24) is 10.3 Å². The normalized spacial score (nSPS) is 20.0. The van der Waals surface area contributed by atoms with E-state index in [1.165, 1.54) is 6.42 Å². The number of hydrogen-bond donors (Lipinski definition) is 1. The van der Waals surface area contributed by atoms with E-state index in [0.717, 1.165) is 30.0 Å². The van der Waals surface area contributed by atoms with E-state index in [-0.39, 0.29) is 11.9 Å². The molecule has 2 aromatic rings. The third kappa shape index (κ3) is 6.03. The number of rotatable bonds is 7. The van der Waals surface area contributed by atoms with Gasteiger partial charge >= 0.3 is 5.97 Å². The predicted octanol–water partition coefficient (Wildman–Crippen LogP) is 4.27. The topological polar surface area (TPSA) is 77.5 Å². The second-order valence-electron chi connectivity index (χ2n) is 7.60. The number of hydrogen-bond acceptors (Lipinski definition) is 6. The number of ether oxygens (including phenoxy) is 2. The van der Waals surface area contributed by atoms with Crippen molar-refractivity contribution in [2.75, 3.05) is 0 Å². The van der Waals surface area contributed by atoms with Crippen LogP contribution in [0.2, 0.25) is 0 Å². The van der Waals surface area contributed by atoms with E-state index < -0.39 is 12.1 Å². The average molecular weight is 417 g/mol. The fraction of sp³-hybridized carbons (Fsp3) is 0.500. The second-order valence-corrected chi connectivity index (χ2v) is 8.66. The quantitative estimate of drug-likeness (QED) is 0.682. The smallest absolute Gasteiger partial charge is 0.339 e. The van der Waals surface area contributed by atoms with Crippen LogP contribution in [0.3, 0.4) is 0 Å². The van der Waals surface area contributed by atoms with Crippen molar-refractivity contribution in [3.05, 3.63) is 45.9 Å². The number of aryl methyl sites for hydroxylation is 1. The van der Waals surface area contributed by atoms with Crippen molar-refractivity contribution in [3.8, 4) is 5.75 Å². The highest BCUT2D eigenvalue weighted by atomic mass is 32.1. The Hall–Kier alpha value is -2.41. The monoisotopic (exact) mass is 416 g/mol. The van der Waals surface area contributed by atoms with Crippen LogP contribution in [0.1, 0.15) is 60.6 Å². The van der Waals surface area contributed by atoms with Gasteiger partial charge in [-0.05, 0) is 50.8 Å². The van der Waals surface area contributed by atoms with Crippen LogP contribution in [0.4, 0.5) is 0 Å². The second kappa shape index (κ2) is 9.87. The van der Waals surface area contributed by atoms with E-state index >= 15 is 0 Å². The lowest BCUT2D eigenvalue weighted by atomic mass is 9.86. The molecule has 6 nitrogen and oxygen atoms in total. The molecule has 1 N–H and O–H groups in total. The molecule has 0 aliphatic heterocycles. The maximum absolute atomic E-state index is 12.5. The maximum atomic E-state index is 12.5. The number of carbonyl (C=O) groups is 2. The van der Waals surface area contributed by atoms with Gasteiger partial charge in [0, 0.05) is 11.4 Å². The number of thiazole rings is 1. The molecule has 1 fully saturated rings. The van der Waals surface area contributed by atoms with Gasteiger partial charge in [0.1, 0.15) is 12.4 Å². The molecule has 29 heavy (non-hydrogen) atoms. The van der Waals surface area contributed by atoms with Crippen LogP contribution < -0.4 is 10.1 Å². The Labute approximate surface area is 175 Å². The van der Waals surface area contributed by atoms with E-state index in [0.29, 0.717) is 23.8 Å². The summed E-state index contributed by atoms with van der Waals surface area (Å²) in [5.74, 6) is 0.215. The Kier molecular flexibility index (Phi) is 7.25. The summed E-state index contributed by atoms with van der Waals surface area (Å²) >= 11 is 1.57. The Morgan fingerprint density at radius 1 is 1.31 bits per heavy atom. The summed E-state index contributed by atoms with van der Waals surface area (Å²) in [6, 6.07) is 6.93. The summed E-state index contributed by atoms with van der Waals surface area (Å²) in [6.45, 7) is 6.03. The number of esters is 1. The summed E-state index contributed by atoms with van der Waals surface area (Å²) in [5.41, 5.74) is 1.20. The molecular weight excluding hydrogens is 388 g/mol. The number of benzene rings is 1. The fourth-order valence-electron chi connectivity index (χ4n) is 3.46. The molecule has 1 amide bonds. The molecule has 1 aromatic heterocycles. The molecule has 1 saturated carbocycles. The van der Waals surface area contributed by atoms with Gasteiger partial charge in [-0.15, -0.1) is 11.3 Å². The lowest BCUT2D eigenvalue weighted by Crippen LogP contribution is -2.45. The first-order valence-electron chi connectivity index (χ1n) is 10.1. The van der Waals surface area contributed by atoms with Crippen molar-refractivity contribution in [3.63, 3.8) is 0 Å². The predicted molar refractivity (Wildman–Crippen MR) is 112 cm³/mol. The maximum Gasteiger partial charge on any atom is 0.339 e. The molecule has 3 atom stereocenters. The van der Waals surface area contributed by atoms with Gasteiger partial charge in [-0.1, -0.05) is 25.8 Å². The van der Waals surface area contributed by atoms with Crippen LogP contribution in [-0.2, 0) is 16.1 Å². The number of nitrogens with one attached hydrogen (secondary N) is 1. The van der Waals surface area contributed by atoms with Gasteiger partial charge in [-0.2, -0.15) is 0 Å². The van der Waals surface area contributed by atoms with E-state index in [1.807, 2.05) is 12.3 Å². The largest absolute Gasteiger partial charge is 0.487 e. The molecule has 1 heterocycles. The first-order chi connectivity index (χ1) is 13.9. The highest BCUT2D eigenvalue weighted by Crippen LogP contribution is 2.24. The minimum absolute atomic E-state index is 0.156. The Morgan fingerprint density at radius 2 is 2.10 bits per heavy atom. The average Bonchev–Trinajstić information content (AvgIpc) is 3.13. The molecule has 7 heteroatoms. The van der Waals surface area contributed by atoms with Crippen molar-refractivity contribution in [1.29, 1.82) is 0 Å². The lowest BCUT2D eigenvalue weighted by molar-refractivity contribution is -0.130. The van der Waals surface area contributed by atoms with Crippen LogP contribution in [0.15, 0.2) is 29.6 Å². The van der Waals surface area contributed by atoms with Gasteiger partial charge in [-0.25, -0.2) is 9.78 Å². The van der Waals surface area contributed by atoms with Crippen LogP contribution in [0.5, 0.6) is 5.75 Å². The van der Waals surface area contributed by atoms with Crippen molar-refractivity contribution in [2.45, 2.75) is 65.2 Å². The molecule has 1 aromatic carbocycles. The number of nitrogens with zero attached hydrogens (tertiary/aromatic N) is 1. The molecule has 1 aliphatic rings. The van der Waals surface area contributed by atoms with Crippen molar-refractivity contribution >= 4 is 23.2 Å². The summed E-state index contributed by atoms with van der Waals surface area (Å²) in [7, 11) is 0. The highest BCUT2D eigenvalue weighted by Gasteiger charge is 2.26. The summed E-state index contributed by atoms with van der Waals surface area (Å²) in [6.07, 6.45) is 3.58. The molecular formula is C22H28N2O4S. The first kappa shape index (κ1) is 21.3. The van der Waals surface area contributed by atoms with Crippen LogP contribution >= 0.6 is 11.3 Å². The van der Waals surface area contributed by atoms with Gasteiger partial charge < -0.3 is 14.8 Å². The van der Waals surface area contributed by atoms with E-state index in [4.69, 9.17) is 9.47 Å². The highest BCUT2D eigenvalue weighted by molar-refractivity contribution is 7.09. The van der Waals surface area contributed by atoms with Crippen LogP contribution in [-0.4, -0.2) is 29.0 Å². The Bertz CT molecular complexity index is 851. The van der Waals surface area contributed by atoms with Gasteiger partial charge in [0.25, 0.3) is 5.91 Å². The molecule has 1 aliphatic carbocycles. The first-order valence-corrected chi connectivity index (χ1v) is 11.0. The Morgan fingerprint density at radius 3 is 2.83 bits per heavy atom. The minimum atomic E-state index is -0.848. The Balaban J connectivity index is 1.53. The van der Waals surface area contributed by atoms with Gasteiger partial charge in [0.2, 0.25) is 0 Å². The zero-order valence-corrected chi connectivity index (χ0v) is 18.0. The van der Waals surface area contributed by atoms with Gasteiger partial charge in [0.15, 0.2) is 6.10 Å². The fourth-order valence-corrected chi connectivity index (χ4v) is 4.05. The molecule has 3 rings (SSSR count). The molecule has 3 unspecified atom stereocenters. The minimum Gasteiger partial charge on any atom is -0.487 e. The standard InChI is InChI=1S/C22H28N2O4S/c1-14-7-4-5-10-20(14)24-21(25)15(2)28-22(26)17-8-6-9-19(11-17)27-12-18-13-29-16(3)23-18/h6,8-9,11,13-15,20H,4-5,7,10,12H2,1-3H3,(H,24,25). The molecule has 0 radical (unpaired) electrons. The van der Waals surface area contributed by atoms with E-state index in [9.17, 15) is 9.59 Å². The van der Waals surface area contributed by atoms with Crippen LogP contribution in [0.25, 0.3) is 0 Å². The summed E-state index contributed by atoms with van der Waals surface area (Å²) in [4.78, 5) is 29.3. The van der Waals surface area contributed by atoms with Crippen LogP contribution in [0, 0.1) is 12.8 Å². The van der Waals surface area contributed by atoms with Gasteiger partial charge in [0.05, 0.1) is 16.3 Å². The van der Waals surface area contributed by atoms with Crippen molar-refractivity contribution in [2.24, 2.45) is 5.92 Å². The molecule has 156 valence electrons. The number of amides is 1. The summed E-state index contributed by atoms with van der Waals surface area (Å²) < 4.78 is 11.1. The van der Waals surface area contributed by atoms with Crippen molar-refractivity contribution < 1.29 is 19.1 Å². The SMILES string of the molecule is Cc1nc(COc2cccc(C(=O)OC(C)C(=O)NC3CCCCC3C)c2)cs1.